The first-order chi connectivity index (χ1) is 7.88. The van der Waals surface area contributed by atoms with Gasteiger partial charge in [0, 0.05) is 10.4 Å². The molecule has 1 aromatic rings. The van der Waals surface area contributed by atoms with E-state index in [4.69, 9.17) is 0 Å². The molecule has 98 valence electrons. The van der Waals surface area contributed by atoms with Crippen molar-refractivity contribution in [2.75, 3.05) is 6.54 Å². The van der Waals surface area contributed by atoms with Gasteiger partial charge in [-0.1, -0.05) is 6.92 Å². The van der Waals surface area contributed by atoms with E-state index in [1.165, 1.54) is 24.8 Å². The minimum Gasteiger partial charge on any atom is -0.312 e. The minimum atomic E-state index is 0.254. The summed E-state index contributed by atoms with van der Waals surface area (Å²) in [7, 11) is 0. The average Bonchev–Trinajstić information content (AvgIpc) is 2.59. The molecule has 0 aromatic carbocycles. The molecule has 2 heteroatoms. The summed E-state index contributed by atoms with van der Waals surface area (Å²) in [6, 6.07) is 2.23. The normalized spacial score (nSPS) is 13.9. The van der Waals surface area contributed by atoms with E-state index < -0.39 is 0 Å². The molecule has 1 atom stereocenters. The molecule has 0 saturated heterocycles. The Morgan fingerprint density at radius 3 is 2.53 bits per heavy atom. The number of hydrogen-bond donors (Lipinski definition) is 1. The monoisotopic (exact) mass is 253 g/mol. The van der Waals surface area contributed by atoms with Gasteiger partial charge in [0.2, 0.25) is 0 Å². The molecule has 0 fully saturated rings. The van der Waals surface area contributed by atoms with Gasteiger partial charge in [-0.15, -0.1) is 11.3 Å². The van der Waals surface area contributed by atoms with E-state index >= 15 is 0 Å². The first kappa shape index (κ1) is 14.7. The van der Waals surface area contributed by atoms with Gasteiger partial charge in [0.05, 0.1) is 0 Å². The molecule has 0 aliphatic heterocycles. The zero-order valence-electron chi connectivity index (χ0n) is 12.0. The Balaban J connectivity index is 2.18. The van der Waals surface area contributed by atoms with E-state index in [1.807, 2.05) is 11.3 Å². The number of nitrogens with one attached hydrogen (secondary N) is 1. The topological polar surface area (TPSA) is 12.0 Å². The first-order valence-corrected chi connectivity index (χ1v) is 7.54. The van der Waals surface area contributed by atoms with Crippen molar-refractivity contribution in [1.29, 1.82) is 0 Å². The maximum absolute atomic E-state index is 3.56. The summed E-state index contributed by atoms with van der Waals surface area (Å²) in [5.41, 5.74) is 1.72. The predicted octanol–water partition coefficient (Wildman–Crippen LogP) is 4.40. The van der Waals surface area contributed by atoms with Crippen LogP contribution in [-0.2, 0) is 6.42 Å². The van der Waals surface area contributed by atoms with Gasteiger partial charge in [-0.05, 0) is 76.4 Å². The molecule has 1 nitrogen and oxygen atoms in total. The van der Waals surface area contributed by atoms with Gasteiger partial charge in [0.15, 0.2) is 0 Å². The maximum atomic E-state index is 3.56. The second kappa shape index (κ2) is 6.55. The molecule has 0 spiro atoms. The molecule has 0 bridgehead atoms. The van der Waals surface area contributed by atoms with Crippen molar-refractivity contribution in [2.24, 2.45) is 5.92 Å². The zero-order chi connectivity index (χ0) is 12.9. The molecule has 1 N–H and O–H groups in total. The molecule has 1 aromatic heterocycles. The molecule has 1 heterocycles. The summed E-state index contributed by atoms with van der Waals surface area (Å²) in [6.45, 7) is 12.4. The van der Waals surface area contributed by atoms with Crippen molar-refractivity contribution >= 4 is 11.3 Å². The van der Waals surface area contributed by atoms with Crippen LogP contribution in [0.4, 0.5) is 0 Å². The van der Waals surface area contributed by atoms with Crippen molar-refractivity contribution in [3.63, 3.8) is 0 Å². The summed E-state index contributed by atoms with van der Waals surface area (Å²) < 4.78 is 0. The van der Waals surface area contributed by atoms with E-state index in [0.717, 1.165) is 12.5 Å². The van der Waals surface area contributed by atoms with Crippen molar-refractivity contribution in [1.82, 2.24) is 5.32 Å². The van der Waals surface area contributed by atoms with Gasteiger partial charge in [-0.25, -0.2) is 0 Å². The Hall–Kier alpha value is -0.340. The third-order valence-electron chi connectivity index (χ3n) is 3.12. The predicted molar refractivity (Wildman–Crippen MR) is 78.9 cm³/mol. The van der Waals surface area contributed by atoms with Crippen LogP contribution in [0.2, 0.25) is 0 Å². The van der Waals surface area contributed by atoms with Gasteiger partial charge in [-0.2, -0.15) is 0 Å². The van der Waals surface area contributed by atoms with Gasteiger partial charge in [0.25, 0.3) is 0 Å². The molecule has 17 heavy (non-hydrogen) atoms. The fourth-order valence-corrected chi connectivity index (χ4v) is 2.80. The van der Waals surface area contributed by atoms with E-state index in [0.29, 0.717) is 0 Å². The summed E-state index contributed by atoms with van der Waals surface area (Å²) in [5.74, 6) is 0.811. The highest BCUT2D eigenvalue weighted by Gasteiger charge is 2.10. The second-order valence-corrected chi connectivity index (χ2v) is 7.14. The highest BCUT2D eigenvalue weighted by molar-refractivity contribution is 7.10. The largest absolute Gasteiger partial charge is 0.312 e. The third kappa shape index (κ3) is 6.23. The molecular weight excluding hydrogens is 226 g/mol. The van der Waals surface area contributed by atoms with Crippen LogP contribution >= 0.6 is 11.3 Å². The Morgan fingerprint density at radius 2 is 2.00 bits per heavy atom. The fourth-order valence-electron chi connectivity index (χ4n) is 1.88. The molecular formula is C15H27NS. The lowest BCUT2D eigenvalue weighted by molar-refractivity contribution is 0.387. The lowest BCUT2D eigenvalue weighted by atomic mass is 9.99. The van der Waals surface area contributed by atoms with Crippen molar-refractivity contribution < 1.29 is 0 Å². The lowest BCUT2D eigenvalue weighted by Gasteiger charge is -2.21. The smallest absolute Gasteiger partial charge is 0.00965 e. The summed E-state index contributed by atoms with van der Waals surface area (Å²) in [4.78, 5) is 1.57. The number of aryl methyl sites for hydroxylation is 2. The van der Waals surface area contributed by atoms with Gasteiger partial charge < -0.3 is 5.32 Å². The SMILES string of the molecule is Cc1ccsc1CCC(C)CCNC(C)(C)C. The standard InChI is InChI=1S/C15H27NS/c1-12(8-10-16-15(3,4)5)6-7-14-13(2)9-11-17-14/h9,11-12,16H,6-8,10H2,1-5H3. The Labute approximate surface area is 111 Å². The zero-order valence-corrected chi connectivity index (χ0v) is 12.8. The van der Waals surface area contributed by atoms with Gasteiger partial charge in [0.1, 0.15) is 0 Å². The molecule has 0 saturated carbocycles. The molecule has 1 rings (SSSR count). The average molecular weight is 253 g/mol. The highest BCUT2D eigenvalue weighted by Crippen LogP contribution is 2.20. The van der Waals surface area contributed by atoms with E-state index in [2.05, 4.69) is 51.4 Å². The number of thiophene rings is 1. The van der Waals surface area contributed by atoms with Crippen LogP contribution in [0.15, 0.2) is 11.4 Å². The van der Waals surface area contributed by atoms with Crippen LogP contribution in [0.25, 0.3) is 0 Å². The summed E-state index contributed by atoms with van der Waals surface area (Å²) >= 11 is 1.90. The minimum absolute atomic E-state index is 0.254. The summed E-state index contributed by atoms with van der Waals surface area (Å²) in [6.07, 6.45) is 3.84. The van der Waals surface area contributed by atoms with Crippen molar-refractivity contribution in [3.8, 4) is 0 Å². The van der Waals surface area contributed by atoms with Crippen LogP contribution in [-0.4, -0.2) is 12.1 Å². The van der Waals surface area contributed by atoms with E-state index in [1.54, 1.807) is 4.88 Å². The summed E-state index contributed by atoms with van der Waals surface area (Å²) in [5, 5.41) is 5.76. The highest BCUT2D eigenvalue weighted by atomic mass is 32.1. The second-order valence-electron chi connectivity index (χ2n) is 6.14. The van der Waals surface area contributed by atoms with E-state index in [-0.39, 0.29) is 5.54 Å². The Morgan fingerprint density at radius 1 is 1.29 bits per heavy atom. The Kier molecular flexibility index (Phi) is 5.68. The molecule has 1 unspecified atom stereocenters. The third-order valence-corrected chi connectivity index (χ3v) is 4.21. The van der Waals surface area contributed by atoms with Crippen LogP contribution < -0.4 is 5.32 Å². The maximum Gasteiger partial charge on any atom is 0.00965 e. The Bertz CT molecular complexity index is 322. The van der Waals surface area contributed by atoms with Gasteiger partial charge >= 0.3 is 0 Å². The van der Waals surface area contributed by atoms with Gasteiger partial charge in [-0.3, -0.25) is 0 Å². The fraction of sp³-hybridized carbons (Fsp3) is 0.733. The lowest BCUT2D eigenvalue weighted by Crippen LogP contribution is -2.36. The molecule has 0 aliphatic rings. The molecule has 0 radical (unpaired) electrons. The molecule has 0 aliphatic carbocycles. The van der Waals surface area contributed by atoms with Crippen molar-refractivity contribution in [2.45, 2.75) is 59.4 Å². The number of rotatable bonds is 6. The number of hydrogen-bond acceptors (Lipinski definition) is 2. The van der Waals surface area contributed by atoms with Crippen LogP contribution in [0.1, 0.15) is 51.0 Å². The van der Waals surface area contributed by atoms with E-state index in [9.17, 15) is 0 Å². The molecule has 0 amide bonds. The van der Waals surface area contributed by atoms with Crippen LogP contribution in [0.5, 0.6) is 0 Å². The van der Waals surface area contributed by atoms with Crippen LogP contribution in [0.3, 0.4) is 0 Å². The van der Waals surface area contributed by atoms with Crippen molar-refractivity contribution in [3.05, 3.63) is 21.9 Å². The first-order valence-electron chi connectivity index (χ1n) is 6.66. The quantitative estimate of drug-likeness (QED) is 0.792. The van der Waals surface area contributed by atoms with Crippen LogP contribution in [0, 0.1) is 12.8 Å².